The fraction of sp³-hybridized carbons (Fsp3) is 0.233. The van der Waals surface area contributed by atoms with Crippen molar-refractivity contribution in [2.24, 2.45) is 0 Å². The number of nitrogens with zero attached hydrogens (tertiary/aromatic N) is 4. The summed E-state index contributed by atoms with van der Waals surface area (Å²) in [7, 11) is 2.93. The summed E-state index contributed by atoms with van der Waals surface area (Å²) in [4.78, 5) is 29.7. The standard InChI is InChI=1S/C30H29ClN6O5S/c1-17-13-21(18(2)35(17)25-11-9-20(37(39)40)15-26(25)42-4)29-28(24-7-5-6-12-32-24)34-30(43)36(29)19-8-10-23(22(31)14-19)33-27(38)16-41-3/h5-15,28-29H,16H2,1-4H3,(H,33,38)(H,34,43)/t28-,29-/m1/s1. The van der Waals surface area contributed by atoms with Crippen LogP contribution in [0.25, 0.3) is 5.69 Å². The van der Waals surface area contributed by atoms with E-state index in [1.54, 1.807) is 24.4 Å². The van der Waals surface area contributed by atoms with E-state index in [1.807, 2.05) is 47.6 Å². The molecule has 4 aromatic rings. The molecule has 5 rings (SSSR count). The summed E-state index contributed by atoms with van der Waals surface area (Å²) in [6, 6.07) is 17.0. The van der Waals surface area contributed by atoms with Gasteiger partial charge in [0.1, 0.15) is 12.4 Å². The summed E-state index contributed by atoms with van der Waals surface area (Å²) in [5, 5.41) is 18.4. The van der Waals surface area contributed by atoms with Crippen molar-refractivity contribution in [2.75, 3.05) is 31.0 Å². The van der Waals surface area contributed by atoms with Crippen molar-refractivity contribution in [3.63, 3.8) is 0 Å². The molecule has 43 heavy (non-hydrogen) atoms. The first-order valence-corrected chi connectivity index (χ1v) is 14.0. The monoisotopic (exact) mass is 620 g/mol. The normalized spacial score (nSPS) is 16.2. The van der Waals surface area contributed by atoms with Gasteiger partial charge in [-0.15, -0.1) is 0 Å². The molecule has 2 N–H and O–H groups in total. The number of hydrogen-bond acceptors (Lipinski definition) is 7. The summed E-state index contributed by atoms with van der Waals surface area (Å²) in [5.41, 5.74) is 5.31. The molecule has 0 saturated carbocycles. The van der Waals surface area contributed by atoms with Crippen LogP contribution in [-0.2, 0) is 9.53 Å². The summed E-state index contributed by atoms with van der Waals surface area (Å²) in [6.45, 7) is 3.85. The molecule has 1 saturated heterocycles. The highest BCUT2D eigenvalue weighted by Gasteiger charge is 2.42. The van der Waals surface area contributed by atoms with Gasteiger partial charge in [0.25, 0.3) is 5.69 Å². The fourth-order valence-electron chi connectivity index (χ4n) is 5.44. The van der Waals surface area contributed by atoms with Crippen molar-refractivity contribution in [1.82, 2.24) is 14.9 Å². The largest absolute Gasteiger partial charge is 0.494 e. The molecule has 2 atom stereocenters. The number of pyridine rings is 1. The van der Waals surface area contributed by atoms with Gasteiger partial charge >= 0.3 is 0 Å². The van der Waals surface area contributed by atoms with E-state index >= 15 is 0 Å². The van der Waals surface area contributed by atoms with Gasteiger partial charge in [-0.3, -0.25) is 19.9 Å². The molecule has 1 fully saturated rings. The average Bonchev–Trinajstić information content (AvgIpc) is 3.48. The van der Waals surface area contributed by atoms with Crippen LogP contribution in [-0.4, -0.2) is 46.3 Å². The highest BCUT2D eigenvalue weighted by Crippen LogP contribution is 2.45. The molecule has 0 radical (unpaired) electrons. The van der Waals surface area contributed by atoms with Crippen molar-refractivity contribution in [2.45, 2.75) is 25.9 Å². The van der Waals surface area contributed by atoms with E-state index in [9.17, 15) is 14.9 Å². The molecule has 0 aliphatic carbocycles. The number of rotatable bonds is 9. The highest BCUT2D eigenvalue weighted by molar-refractivity contribution is 7.80. The van der Waals surface area contributed by atoms with Crippen molar-refractivity contribution in [3.8, 4) is 11.4 Å². The van der Waals surface area contributed by atoms with Gasteiger partial charge in [0.15, 0.2) is 5.11 Å². The van der Waals surface area contributed by atoms with Crippen LogP contribution in [0.5, 0.6) is 5.75 Å². The number of methoxy groups -OCH3 is 2. The van der Waals surface area contributed by atoms with Gasteiger partial charge in [-0.25, -0.2) is 0 Å². The lowest BCUT2D eigenvalue weighted by Gasteiger charge is -2.28. The topological polar surface area (TPSA) is 124 Å². The number of nitro benzene ring substituents is 1. The number of nitro groups is 1. The first kappa shape index (κ1) is 30.0. The molecule has 0 bridgehead atoms. The van der Waals surface area contributed by atoms with Crippen LogP contribution in [0.2, 0.25) is 5.02 Å². The molecule has 0 spiro atoms. The molecule has 0 unspecified atom stereocenters. The maximum atomic E-state index is 12.1. The van der Waals surface area contributed by atoms with Gasteiger partial charge in [-0.1, -0.05) is 17.7 Å². The fourth-order valence-corrected chi connectivity index (χ4v) is 6.01. The number of non-ortho nitro benzene ring substituents is 1. The van der Waals surface area contributed by atoms with Gasteiger partial charge in [0.2, 0.25) is 5.91 Å². The number of ether oxygens (including phenoxy) is 2. The number of carbonyl (C=O) groups is 1. The molecule has 222 valence electrons. The Labute approximate surface area is 258 Å². The van der Waals surface area contributed by atoms with E-state index in [0.29, 0.717) is 32.9 Å². The summed E-state index contributed by atoms with van der Waals surface area (Å²) < 4.78 is 12.5. The van der Waals surface area contributed by atoms with Crippen molar-refractivity contribution in [3.05, 3.63) is 105 Å². The zero-order valence-corrected chi connectivity index (χ0v) is 25.4. The zero-order chi connectivity index (χ0) is 30.8. The predicted molar refractivity (Wildman–Crippen MR) is 168 cm³/mol. The Morgan fingerprint density at radius 3 is 2.60 bits per heavy atom. The summed E-state index contributed by atoms with van der Waals surface area (Å²) in [5.74, 6) is 0.0522. The van der Waals surface area contributed by atoms with Crippen molar-refractivity contribution < 1.29 is 19.2 Å². The van der Waals surface area contributed by atoms with Crippen molar-refractivity contribution >= 4 is 51.9 Å². The van der Waals surface area contributed by atoms with Crippen molar-refractivity contribution in [1.29, 1.82) is 0 Å². The first-order valence-electron chi connectivity index (χ1n) is 13.2. The number of nitrogens with one attached hydrogen (secondary N) is 2. The average molecular weight is 621 g/mol. The van der Waals surface area contributed by atoms with E-state index in [2.05, 4.69) is 21.7 Å². The minimum atomic E-state index is -0.451. The minimum absolute atomic E-state index is 0.0613. The second kappa shape index (κ2) is 12.4. The smallest absolute Gasteiger partial charge is 0.273 e. The van der Waals surface area contributed by atoms with Crippen LogP contribution < -0.4 is 20.3 Å². The molecule has 13 heteroatoms. The number of hydrogen-bond donors (Lipinski definition) is 2. The maximum Gasteiger partial charge on any atom is 0.273 e. The molecule has 1 aliphatic rings. The number of thiocarbonyl (C=S) groups is 1. The number of aromatic nitrogens is 2. The zero-order valence-electron chi connectivity index (χ0n) is 23.8. The van der Waals surface area contributed by atoms with Crippen LogP contribution >= 0.6 is 23.8 Å². The summed E-state index contributed by atoms with van der Waals surface area (Å²) >= 11 is 12.5. The lowest BCUT2D eigenvalue weighted by molar-refractivity contribution is -0.384. The van der Waals surface area contributed by atoms with E-state index in [-0.39, 0.29) is 30.3 Å². The van der Waals surface area contributed by atoms with E-state index in [0.717, 1.165) is 22.6 Å². The second-order valence-corrected chi connectivity index (χ2v) is 10.7. The van der Waals surface area contributed by atoms with Crippen LogP contribution in [0.15, 0.2) is 66.9 Å². The third kappa shape index (κ3) is 5.76. The number of benzene rings is 2. The van der Waals surface area contributed by atoms with Gasteiger partial charge in [-0.05, 0) is 74.1 Å². The Hall–Kier alpha value is -4.52. The third-order valence-corrected chi connectivity index (χ3v) is 7.91. The molecule has 2 aromatic heterocycles. The quantitative estimate of drug-likeness (QED) is 0.135. The Kier molecular flexibility index (Phi) is 8.62. The number of amides is 1. The lowest BCUT2D eigenvalue weighted by atomic mass is 9.96. The van der Waals surface area contributed by atoms with E-state index in [1.165, 1.54) is 26.4 Å². The number of aryl methyl sites for hydroxylation is 1. The summed E-state index contributed by atoms with van der Waals surface area (Å²) in [6.07, 6.45) is 1.74. The highest BCUT2D eigenvalue weighted by atomic mass is 35.5. The van der Waals surface area contributed by atoms with Crippen LogP contribution in [0.4, 0.5) is 17.1 Å². The Morgan fingerprint density at radius 2 is 1.95 bits per heavy atom. The lowest BCUT2D eigenvalue weighted by Crippen LogP contribution is -2.29. The van der Waals surface area contributed by atoms with Gasteiger partial charge in [0.05, 0.1) is 52.3 Å². The molecule has 1 amide bonds. The van der Waals surface area contributed by atoms with Crippen LogP contribution in [0.1, 0.15) is 34.7 Å². The molecular weight excluding hydrogens is 592 g/mol. The van der Waals surface area contributed by atoms with Gasteiger partial charge in [-0.2, -0.15) is 0 Å². The van der Waals surface area contributed by atoms with E-state index in [4.69, 9.17) is 33.3 Å². The molecule has 2 aromatic carbocycles. The number of halogens is 1. The Morgan fingerprint density at radius 1 is 1.16 bits per heavy atom. The second-order valence-electron chi connectivity index (χ2n) is 9.92. The molecule has 3 heterocycles. The number of anilines is 2. The first-order chi connectivity index (χ1) is 20.6. The van der Waals surface area contributed by atoms with Gasteiger partial charge in [0, 0.05) is 36.4 Å². The minimum Gasteiger partial charge on any atom is -0.494 e. The van der Waals surface area contributed by atoms with Crippen LogP contribution in [0, 0.1) is 24.0 Å². The van der Waals surface area contributed by atoms with E-state index < -0.39 is 4.92 Å². The molecule has 11 nitrogen and oxygen atoms in total. The SMILES string of the molecule is COCC(=O)Nc1ccc(N2C(=S)N[C@H](c3ccccn3)[C@H]2c2cc(C)n(-c3ccc([N+](=O)[O-])cc3OC)c2C)cc1Cl. The molecule has 1 aliphatic heterocycles. The Balaban J connectivity index is 1.63. The third-order valence-electron chi connectivity index (χ3n) is 7.28. The molecular formula is C30H29ClN6O5S. The predicted octanol–water partition coefficient (Wildman–Crippen LogP) is 5.82. The van der Waals surface area contributed by atoms with Crippen LogP contribution in [0.3, 0.4) is 0 Å². The van der Waals surface area contributed by atoms with Gasteiger partial charge < -0.3 is 29.6 Å². The maximum absolute atomic E-state index is 12.1. The Bertz CT molecular complexity index is 1710. The number of carbonyl (C=O) groups excluding carboxylic acids is 1.